The SMILES string of the molecule is O=C(Cn1ccnc1)NC[C@]1(O)CCCN(c2ccc(F)cn2)C1. The second-order valence-corrected chi connectivity index (χ2v) is 6.10. The highest BCUT2D eigenvalue weighted by Crippen LogP contribution is 2.24. The van der Waals surface area contributed by atoms with Gasteiger partial charge in [0.25, 0.3) is 0 Å². The fourth-order valence-electron chi connectivity index (χ4n) is 2.87. The molecule has 3 rings (SSSR count). The van der Waals surface area contributed by atoms with E-state index in [0.717, 1.165) is 19.2 Å². The fourth-order valence-corrected chi connectivity index (χ4v) is 2.87. The van der Waals surface area contributed by atoms with Crippen LogP contribution in [0.15, 0.2) is 37.1 Å². The van der Waals surface area contributed by atoms with Gasteiger partial charge in [-0.2, -0.15) is 0 Å². The van der Waals surface area contributed by atoms with Crippen molar-refractivity contribution >= 4 is 11.7 Å². The van der Waals surface area contributed by atoms with E-state index in [2.05, 4.69) is 15.3 Å². The van der Waals surface area contributed by atoms with Gasteiger partial charge in [0.05, 0.1) is 18.1 Å². The van der Waals surface area contributed by atoms with E-state index in [1.54, 1.807) is 29.4 Å². The summed E-state index contributed by atoms with van der Waals surface area (Å²) < 4.78 is 14.6. The van der Waals surface area contributed by atoms with Crippen LogP contribution in [0, 0.1) is 5.82 Å². The van der Waals surface area contributed by atoms with Crippen LogP contribution in [0.25, 0.3) is 0 Å². The first-order valence-corrected chi connectivity index (χ1v) is 7.85. The molecular weight excluding hydrogens is 313 g/mol. The zero-order chi connectivity index (χ0) is 17.0. The van der Waals surface area contributed by atoms with Crippen LogP contribution in [-0.2, 0) is 11.3 Å². The van der Waals surface area contributed by atoms with Crippen molar-refractivity contribution in [2.75, 3.05) is 24.5 Å². The van der Waals surface area contributed by atoms with Crippen molar-refractivity contribution in [3.05, 3.63) is 42.9 Å². The number of hydrogen-bond acceptors (Lipinski definition) is 5. The number of anilines is 1. The molecular formula is C16H20FN5O2. The van der Waals surface area contributed by atoms with Crippen LogP contribution < -0.4 is 10.2 Å². The number of imidazole rings is 1. The van der Waals surface area contributed by atoms with Gasteiger partial charge in [-0.05, 0) is 25.0 Å². The quantitative estimate of drug-likeness (QED) is 0.836. The number of aromatic nitrogens is 3. The molecule has 3 heterocycles. The Labute approximate surface area is 139 Å². The van der Waals surface area contributed by atoms with Crippen molar-refractivity contribution in [2.24, 2.45) is 0 Å². The third-order valence-corrected chi connectivity index (χ3v) is 4.09. The number of amides is 1. The van der Waals surface area contributed by atoms with Gasteiger partial charge in [0.15, 0.2) is 0 Å². The molecule has 1 aliphatic rings. The lowest BCUT2D eigenvalue weighted by Gasteiger charge is -2.39. The first-order chi connectivity index (χ1) is 11.5. The Hall–Kier alpha value is -2.48. The highest BCUT2D eigenvalue weighted by Gasteiger charge is 2.34. The maximum absolute atomic E-state index is 13.0. The lowest BCUT2D eigenvalue weighted by atomic mass is 9.92. The standard InChI is InChI=1S/C16H20FN5O2/c17-13-2-3-14(19-8-13)22-6-1-4-16(24,11-22)10-20-15(23)9-21-7-5-18-12-21/h2-3,5,7-8,12,24H,1,4,6,9-11H2,(H,20,23)/t16-/m1/s1. The Morgan fingerprint density at radius 1 is 1.46 bits per heavy atom. The fraction of sp³-hybridized carbons (Fsp3) is 0.438. The molecule has 2 N–H and O–H groups in total. The van der Waals surface area contributed by atoms with Crippen molar-refractivity contribution in [3.8, 4) is 0 Å². The van der Waals surface area contributed by atoms with Gasteiger partial charge < -0.3 is 19.9 Å². The molecule has 0 saturated carbocycles. The van der Waals surface area contributed by atoms with Gasteiger partial charge in [-0.1, -0.05) is 0 Å². The highest BCUT2D eigenvalue weighted by molar-refractivity contribution is 5.75. The summed E-state index contributed by atoms with van der Waals surface area (Å²) in [4.78, 5) is 21.8. The largest absolute Gasteiger partial charge is 0.386 e. The van der Waals surface area contributed by atoms with Crippen LogP contribution in [0.4, 0.5) is 10.2 Å². The molecule has 0 radical (unpaired) electrons. The summed E-state index contributed by atoms with van der Waals surface area (Å²) >= 11 is 0. The van der Waals surface area contributed by atoms with Gasteiger partial charge in [-0.15, -0.1) is 0 Å². The maximum Gasteiger partial charge on any atom is 0.240 e. The summed E-state index contributed by atoms with van der Waals surface area (Å²) in [5.74, 6) is 0.0514. The smallest absolute Gasteiger partial charge is 0.240 e. The van der Waals surface area contributed by atoms with Gasteiger partial charge in [0.2, 0.25) is 5.91 Å². The molecule has 24 heavy (non-hydrogen) atoms. The molecule has 1 aliphatic heterocycles. The summed E-state index contributed by atoms with van der Waals surface area (Å²) in [7, 11) is 0. The van der Waals surface area contributed by atoms with Gasteiger partial charge >= 0.3 is 0 Å². The van der Waals surface area contributed by atoms with Crippen molar-refractivity contribution in [1.82, 2.24) is 19.9 Å². The molecule has 1 amide bonds. The monoisotopic (exact) mass is 333 g/mol. The van der Waals surface area contributed by atoms with Gasteiger partial charge in [0.1, 0.15) is 18.2 Å². The number of hydrogen-bond donors (Lipinski definition) is 2. The van der Waals surface area contributed by atoms with E-state index in [0.29, 0.717) is 18.8 Å². The van der Waals surface area contributed by atoms with E-state index in [-0.39, 0.29) is 19.0 Å². The molecule has 0 aliphatic carbocycles. The lowest BCUT2D eigenvalue weighted by molar-refractivity contribution is -0.123. The average molecular weight is 333 g/mol. The Morgan fingerprint density at radius 3 is 3.04 bits per heavy atom. The summed E-state index contributed by atoms with van der Waals surface area (Å²) in [5, 5.41) is 13.5. The van der Waals surface area contributed by atoms with Crippen LogP contribution in [0.3, 0.4) is 0 Å². The van der Waals surface area contributed by atoms with Crippen molar-refractivity contribution in [1.29, 1.82) is 0 Å². The van der Waals surface area contributed by atoms with E-state index in [1.807, 2.05) is 4.90 Å². The molecule has 2 aromatic heterocycles. The number of aliphatic hydroxyl groups is 1. The molecule has 7 nitrogen and oxygen atoms in total. The number of carbonyl (C=O) groups is 1. The third-order valence-electron chi connectivity index (χ3n) is 4.09. The molecule has 0 spiro atoms. The van der Waals surface area contributed by atoms with Gasteiger partial charge in [0, 0.05) is 32.0 Å². The zero-order valence-corrected chi connectivity index (χ0v) is 13.2. The first-order valence-electron chi connectivity index (χ1n) is 7.85. The van der Waals surface area contributed by atoms with Crippen LogP contribution in [-0.4, -0.2) is 50.8 Å². The number of nitrogens with zero attached hydrogens (tertiary/aromatic N) is 4. The third kappa shape index (κ3) is 4.08. The highest BCUT2D eigenvalue weighted by atomic mass is 19.1. The number of halogens is 1. The first kappa shape index (κ1) is 16.4. The summed E-state index contributed by atoms with van der Waals surface area (Å²) in [6, 6.07) is 2.95. The van der Waals surface area contributed by atoms with Crippen LogP contribution >= 0.6 is 0 Å². The minimum absolute atomic E-state index is 0.165. The van der Waals surface area contributed by atoms with E-state index >= 15 is 0 Å². The molecule has 8 heteroatoms. The Morgan fingerprint density at radius 2 is 2.33 bits per heavy atom. The van der Waals surface area contributed by atoms with Crippen molar-refractivity contribution in [2.45, 2.75) is 25.0 Å². The van der Waals surface area contributed by atoms with Crippen LogP contribution in [0.2, 0.25) is 0 Å². The summed E-state index contributed by atoms with van der Waals surface area (Å²) in [5.41, 5.74) is -1.03. The second-order valence-electron chi connectivity index (χ2n) is 6.10. The van der Waals surface area contributed by atoms with E-state index in [4.69, 9.17) is 0 Å². The van der Waals surface area contributed by atoms with Crippen molar-refractivity contribution in [3.63, 3.8) is 0 Å². The molecule has 1 atom stereocenters. The molecule has 1 fully saturated rings. The lowest BCUT2D eigenvalue weighted by Crippen LogP contribution is -2.54. The number of piperidine rings is 1. The van der Waals surface area contributed by atoms with Gasteiger partial charge in [-0.3, -0.25) is 4.79 Å². The number of β-amino-alcohol motifs (C(OH)–C–C–N with tert-alkyl or cyclic N) is 1. The van der Waals surface area contributed by atoms with E-state index < -0.39 is 11.4 Å². The maximum atomic E-state index is 13.0. The normalized spacial score (nSPS) is 20.8. The number of carbonyl (C=O) groups excluding carboxylic acids is 1. The molecule has 1 saturated heterocycles. The van der Waals surface area contributed by atoms with E-state index in [9.17, 15) is 14.3 Å². The Kier molecular flexibility index (Phi) is 4.75. The van der Waals surface area contributed by atoms with Crippen LogP contribution in [0.5, 0.6) is 0 Å². The predicted octanol–water partition coefficient (Wildman–Crippen LogP) is 0.565. The summed E-state index contributed by atoms with van der Waals surface area (Å²) in [6.45, 7) is 1.42. The van der Waals surface area contributed by atoms with Crippen LogP contribution in [0.1, 0.15) is 12.8 Å². The molecule has 2 aromatic rings. The van der Waals surface area contributed by atoms with Crippen molar-refractivity contribution < 1.29 is 14.3 Å². The van der Waals surface area contributed by atoms with Gasteiger partial charge in [-0.25, -0.2) is 14.4 Å². The predicted molar refractivity (Wildman–Crippen MR) is 85.8 cm³/mol. The second kappa shape index (κ2) is 6.96. The minimum atomic E-state index is -1.03. The zero-order valence-electron chi connectivity index (χ0n) is 13.2. The number of nitrogens with one attached hydrogen (secondary N) is 1. The summed E-state index contributed by atoms with van der Waals surface area (Å²) in [6.07, 6.45) is 7.40. The number of rotatable bonds is 5. The topological polar surface area (TPSA) is 83.3 Å². The average Bonchev–Trinajstić information content (AvgIpc) is 3.07. The molecule has 0 unspecified atom stereocenters. The Balaban J connectivity index is 1.56. The Bertz CT molecular complexity index is 676. The minimum Gasteiger partial charge on any atom is -0.386 e. The number of pyridine rings is 1. The molecule has 0 bridgehead atoms. The molecule has 0 aromatic carbocycles. The molecule has 128 valence electrons. The van der Waals surface area contributed by atoms with E-state index in [1.165, 1.54) is 6.07 Å².